The largest absolute Gasteiger partial charge is 0.367 e. The molecule has 0 aliphatic heterocycles. The number of nitrogens with one attached hydrogen (secondary N) is 1. The van der Waals surface area contributed by atoms with E-state index in [1.165, 1.54) is 0 Å². The number of carbonyl (C=O) groups is 2. The molecule has 1 aromatic rings. The zero-order chi connectivity index (χ0) is 17.4. The zero-order valence-electron chi connectivity index (χ0n) is 13.5. The topological polar surface area (TPSA) is 86.6 Å². The van der Waals surface area contributed by atoms with Gasteiger partial charge in [0.1, 0.15) is 5.78 Å². The molecular weight excluding hydrogens is 362 g/mol. The molecule has 128 valence electrons. The molecule has 1 amide bonds. The molecule has 0 aliphatic carbocycles. The highest BCUT2D eigenvalue weighted by Crippen LogP contribution is 2.18. The number of amides is 1. The first-order valence-electron chi connectivity index (χ1n) is 7.68. The fourth-order valence-electron chi connectivity index (χ4n) is 2.37. The van der Waals surface area contributed by atoms with Gasteiger partial charge in [0.15, 0.2) is 6.29 Å². The van der Waals surface area contributed by atoms with Crippen LogP contribution < -0.4 is 5.32 Å². The van der Waals surface area contributed by atoms with Gasteiger partial charge in [0.25, 0.3) is 0 Å². The van der Waals surface area contributed by atoms with Crippen LogP contribution in [0.15, 0.2) is 28.7 Å². The van der Waals surface area contributed by atoms with Crippen LogP contribution in [0, 0.1) is 11.8 Å². The molecule has 3 N–H and O–H groups in total. The van der Waals surface area contributed by atoms with Crippen molar-refractivity contribution in [1.82, 2.24) is 5.32 Å². The van der Waals surface area contributed by atoms with E-state index in [0.29, 0.717) is 6.42 Å². The fraction of sp³-hybridized carbons (Fsp3) is 0.529. The van der Waals surface area contributed by atoms with E-state index in [9.17, 15) is 9.59 Å². The minimum absolute atomic E-state index is 0.00216. The maximum absolute atomic E-state index is 12.2. The van der Waals surface area contributed by atoms with Crippen molar-refractivity contribution in [2.45, 2.75) is 39.4 Å². The monoisotopic (exact) mass is 385 g/mol. The SMILES string of the molecule is CC(C)C[C@H](CC(=O)Cc1ccc(Br)cc1)C(=O)NCC(O)O. The molecule has 23 heavy (non-hydrogen) atoms. The van der Waals surface area contributed by atoms with Crippen molar-refractivity contribution in [1.29, 1.82) is 0 Å². The van der Waals surface area contributed by atoms with E-state index in [1.54, 1.807) is 0 Å². The number of hydrogen-bond donors (Lipinski definition) is 3. The predicted molar refractivity (Wildman–Crippen MR) is 91.7 cm³/mol. The van der Waals surface area contributed by atoms with Crippen molar-refractivity contribution in [3.05, 3.63) is 34.3 Å². The van der Waals surface area contributed by atoms with Crippen molar-refractivity contribution in [3.8, 4) is 0 Å². The Balaban J connectivity index is 2.62. The van der Waals surface area contributed by atoms with Crippen LogP contribution in [0.3, 0.4) is 0 Å². The van der Waals surface area contributed by atoms with E-state index in [4.69, 9.17) is 10.2 Å². The first-order chi connectivity index (χ1) is 10.8. The molecule has 0 aromatic heterocycles. The lowest BCUT2D eigenvalue weighted by Crippen LogP contribution is -2.37. The summed E-state index contributed by atoms with van der Waals surface area (Å²) in [5.74, 6) is -0.490. The summed E-state index contributed by atoms with van der Waals surface area (Å²) in [5.41, 5.74) is 0.910. The molecule has 1 atom stereocenters. The molecule has 0 unspecified atom stereocenters. The summed E-state index contributed by atoms with van der Waals surface area (Å²) in [6, 6.07) is 7.51. The normalized spacial score (nSPS) is 12.5. The molecule has 0 bridgehead atoms. The van der Waals surface area contributed by atoms with E-state index in [0.717, 1.165) is 10.0 Å². The molecule has 0 aliphatic rings. The highest BCUT2D eigenvalue weighted by molar-refractivity contribution is 9.10. The number of benzene rings is 1. The van der Waals surface area contributed by atoms with E-state index >= 15 is 0 Å². The highest BCUT2D eigenvalue weighted by Gasteiger charge is 2.23. The quantitative estimate of drug-likeness (QED) is 0.567. The number of hydrogen-bond acceptors (Lipinski definition) is 4. The second-order valence-electron chi connectivity index (χ2n) is 6.10. The van der Waals surface area contributed by atoms with Gasteiger partial charge >= 0.3 is 0 Å². The van der Waals surface area contributed by atoms with Gasteiger partial charge in [-0.1, -0.05) is 41.9 Å². The van der Waals surface area contributed by atoms with Crippen LogP contribution in [0.1, 0.15) is 32.3 Å². The maximum atomic E-state index is 12.2. The van der Waals surface area contributed by atoms with Crippen molar-refractivity contribution in [2.24, 2.45) is 11.8 Å². The Hall–Kier alpha value is -1.24. The number of rotatable bonds is 9. The zero-order valence-corrected chi connectivity index (χ0v) is 15.0. The van der Waals surface area contributed by atoms with Gasteiger partial charge in [-0.25, -0.2) is 0 Å². The number of Topliss-reactive ketones (excluding diaryl/α,β-unsaturated/α-hetero) is 1. The summed E-state index contributed by atoms with van der Waals surface area (Å²) in [5, 5.41) is 20.1. The van der Waals surface area contributed by atoms with Gasteiger partial charge in [-0.3, -0.25) is 9.59 Å². The van der Waals surface area contributed by atoms with Gasteiger partial charge in [0.2, 0.25) is 5.91 Å². The van der Waals surface area contributed by atoms with Crippen LogP contribution in [-0.2, 0) is 16.0 Å². The van der Waals surface area contributed by atoms with Crippen molar-refractivity contribution < 1.29 is 19.8 Å². The molecule has 1 aromatic carbocycles. The van der Waals surface area contributed by atoms with E-state index in [-0.39, 0.29) is 37.0 Å². The highest BCUT2D eigenvalue weighted by atomic mass is 79.9. The molecule has 0 heterocycles. The second kappa shape index (κ2) is 9.80. The average molecular weight is 386 g/mol. The Morgan fingerprint density at radius 3 is 2.30 bits per heavy atom. The van der Waals surface area contributed by atoms with Crippen LogP contribution in [-0.4, -0.2) is 34.7 Å². The average Bonchev–Trinajstić information content (AvgIpc) is 2.46. The molecule has 1 rings (SSSR count). The number of ketones is 1. The Kier molecular flexibility index (Phi) is 8.44. The van der Waals surface area contributed by atoms with Crippen LogP contribution in [0.4, 0.5) is 0 Å². The summed E-state index contributed by atoms with van der Waals surface area (Å²) in [6.07, 6.45) is -0.559. The summed E-state index contributed by atoms with van der Waals surface area (Å²) >= 11 is 3.35. The lowest BCUT2D eigenvalue weighted by Gasteiger charge is -2.18. The molecule has 0 spiro atoms. The number of aliphatic hydroxyl groups is 2. The minimum Gasteiger partial charge on any atom is -0.367 e. The lowest BCUT2D eigenvalue weighted by atomic mass is 9.90. The molecule has 0 radical (unpaired) electrons. The fourth-order valence-corrected chi connectivity index (χ4v) is 2.63. The Labute approximate surface area is 145 Å². The van der Waals surface area contributed by atoms with E-state index in [1.807, 2.05) is 38.1 Å². The van der Waals surface area contributed by atoms with Gasteiger partial charge in [-0.2, -0.15) is 0 Å². The standard InChI is InChI=1S/C17H24BrNO4/c1-11(2)7-13(17(23)19-10-16(21)22)9-15(20)8-12-3-5-14(18)6-4-12/h3-6,11,13,16,21-22H,7-10H2,1-2H3,(H,19,23)/t13-/m1/s1. The third-order valence-corrected chi connectivity index (χ3v) is 3.90. The Bertz CT molecular complexity index is 514. The second-order valence-corrected chi connectivity index (χ2v) is 7.01. The van der Waals surface area contributed by atoms with Gasteiger partial charge in [0.05, 0.1) is 6.54 Å². The summed E-state index contributed by atoms with van der Waals surface area (Å²) in [7, 11) is 0. The predicted octanol–water partition coefficient (Wildman–Crippen LogP) is 2.04. The van der Waals surface area contributed by atoms with E-state index in [2.05, 4.69) is 21.2 Å². The molecule has 0 saturated heterocycles. The third-order valence-electron chi connectivity index (χ3n) is 3.37. The third kappa shape index (κ3) is 8.25. The van der Waals surface area contributed by atoms with Crippen LogP contribution in [0.5, 0.6) is 0 Å². The summed E-state index contributed by atoms with van der Waals surface area (Å²) in [4.78, 5) is 24.4. The first-order valence-corrected chi connectivity index (χ1v) is 8.47. The lowest BCUT2D eigenvalue weighted by molar-refractivity contribution is -0.131. The minimum atomic E-state index is -1.59. The Morgan fingerprint density at radius 2 is 1.78 bits per heavy atom. The van der Waals surface area contributed by atoms with Crippen molar-refractivity contribution in [3.63, 3.8) is 0 Å². The summed E-state index contributed by atoms with van der Waals surface area (Å²) < 4.78 is 0.952. The number of carbonyl (C=O) groups excluding carboxylic acids is 2. The Morgan fingerprint density at radius 1 is 1.17 bits per heavy atom. The molecular formula is C17H24BrNO4. The number of aliphatic hydroxyl groups excluding tert-OH is 1. The molecule has 5 nitrogen and oxygen atoms in total. The molecule has 0 saturated carbocycles. The van der Waals surface area contributed by atoms with Crippen LogP contribution >= 0.6 is 15.9 Å². The van der Waals surface area contributed by atoms with Crippen molar-refractivity contribution >= 4 is 27.6 Å². The molecule has 6 heteroatoms. The van der Waals surface area contributed by atoms with Crippen LogP contribution in [0.2, 0.25) is 0 Å². The van der Waals surface area contributed by atoms with Gasteiger partial charge in [-0.05, 0) is 30.0 Å². The number of halogens is 1. The van der Waals surface area contributed by atoms with Gasteiger partial charge in [0, 0.05) is 23.2 Å². The smallest absolute Gasteiger partial charge is 0.223 e. The summed E-state index contributed by atoms with van der Waals surface area (Å²) in [6.45, 7) is 3.75. The van der Waals surface area contributed by atoms with Crippen molar-refractivity contribution in [2.75, 3.05) is 6.54 Å². The maximum Gasteiger partial charge on any atom is 0.223 e. The van der Waals surface area contributed by atoms with Crippen LogP contribution in [0.25, 0.3) is 0 Å². The molecule has 0 fully saturated rings. The van der Waals surface area contributed by atoms with Gasteiger partial charge < -0.3 is 15.5 Å². The van der Waals surface area contributed by atoms with E-state index < -0.39 is 12.2 Å². The first kappa shape index (κ1) is 19.8. The van der Waals surface area contributed by atoms with Gasteiger partial charge in [-0.15, -0.1) is 0 Å².